The molecule has 1 saturated heterocycles. The fraction of sp³-hybridized carbons (Fsp3) is 0.211. The number of aldehydes is 1. The van der Waals surface area contributed by atoms with Crippen molar-refractivity contribution in [1.82, 2.24) is 10.9 Å². The summed E-state index contributed by atoms with van der Waals surface area (Å²) in [7, 11) is 0. The van der Waals surface area contributed by atoms with Gasteiger partial charge in [-0.2, -0.15) is 0 Å². The molecule has 3 N–H and O–H groups in total. The summed E-state index contributed by atoms with van der Waals surface area (Å²) in [5.74, 6) is -3.29. The minimum Gasteiger partial charge on any atom is -0.504 e. The van der Waals surface area contributed by atoms with Crippen LogP contribution in [0.25, 0.3) is 0 Å². The van der Waals surface area contributed by atoms with E-state index in [4.69, 9.17) is 0 Å². The first kappa shape index (κ1) is 18.4. The maximum Gasteiger partial charge on any atom is 0.269 e. The minimum atomic E-state index is -1.10. The first-order chi connectivity index (χ1) is 13.0. The number of phenols is 1. The monoisotopic (exact) mass is 371 g/mol. The van der Waals surface area contributed by atoms with Crippen molar-refractivity contribution in [3.8, 4) is 5.75 Å². The number of nitrogens with zero attached hydrogens (tertiary/aromatic N) is 1. The Balaban J connectivity index is 1.62. The lowest BCUT2D eigenvalue weighted by molar-refractivity contribution is 0.0846. The molecule has 8 heteroatoms. The lowest BCUT2D eigenvalue weighted by Gasteiger charge is -2.17. The summed E-state index contributed by atoms with van der Waals surface area (Å²) in [5.41, 5.74) is 5.20. The van der Waals surface area contributed by atoms with E-state index in [1.165, 1.54) is 0 Å². The number of hydrazine groups is 1. The van der Waals surface area contributed by atoms with Crippen molar-refractivity contribution in [2.75, 3.05) is 18.0 Å². The van der Waals surface area contributed by atoms with Gasteiger partial charge in [-0.3, -0.25) is 25.2 Å². The van der Waals surface area contributed by atoms with Gasteiger partial charge in [0.1, 0.15) is 0 Å². The van der Waals surface area contributed by atoms with Crippen LogP contribution in [0, 0.1) is 5.82 Å². The third kappa shape index (κ3) is 4.05. The van der Waals surface area contributed by atoms with E-state index in [1.54, 1.807) is 12.1 Å². The van der Waals surface area contributed by atoms with Crippen LogP contribution in [0.3, 0.4) is 0 Å². The maximum absolute atomic E-state index is 13.5. The first-order valence-corrected chi connectivity index (χ1v) is 8.43. The number of carbonyl (C=O) groups excluding carboxylic acids is 3. The number of hydrogen-bond acceptors (Lipinski definition) is 5. The van der Waals surface area contributed by atoms with Crippen LogP contribution < -0.4 is 15.8 Å². The molecular weight excluding hydrogens is 353 g/mol. The highest BCUT2D eigenvalue weighted by Crippen LogP contribution is 2.22. The van der Waals surface area contributed by atoms with Gasteiger partial charge >= 0.3 is 0 Å². The molecule has 1 heterocycles. The molecule has 0 atom stereocenters. The number of amides is 2. The smallest absolute Gasteiger partial charge is 0.269 e. The molecule has 1 fully saturated rings. The van der Waals surface area contributed by atoms with Gasteiger partial charge in [-0.15, -0.1) is 0 Å². The van der Waals surface area contributed by atoms with Gasteiger partial charge in [0, 0.05) is 29.9 Å². The molecule has 0 aromatic heterocycles. The van der Waals surface area contributed by atoms with Crippen molar-refractivity contribution in [3.05, 3.63) is 58.9 Å². The Morgan fingerprint density at radius 2 is 1.59 bits per heavy atom. The number of carbonyl (C=O) groups is 3. The predicted octanol–water partition coefficient (Wildman–Crippen LogP) is 2.02. The van der Waals surface area contributed by atoms with Gasteiger partial charge in [-0.1, -0.05) is 0 Å². The lowest BCUT2D eigenvalue weighted by Crippen LogP contribution is -2.41. The molecular formula is C19H18FN3O4. The van der Waals surface area contributed by atoms with Crippen molar-refractivity contribution >= 4 is 23.8 Å². The molecule has 1 aliphatic rings. The highest BCUT2D eigenvalue weighted by Gasteiger charge is 2.16. The number of rotatable bonds is 4. The van der Waals surface area contributed by atoms with E-state index >= 15 is 0 Å². The third-order valence-corrected chi connectivity index (χ3v) is 4.37. The Hall–Kier alpha value is -3.42. The standard InChI is InChI=1S/C19H18FN3O4/c20-16-10-13(9-14(11-24)17(16)25)19(27)22-21-18(26)12-3-5-15(6-4-12)23-7-1-2-8-23/h3-6,9-11,25H,1-2,7-8H2,(H,21,26)(H,22,27). The van der Waals surface area contributed by atoms with Crippen LogP contribution in [0.15, 0.2) is 36.4 Å². The van der Waals surface area contributed by atoms with E-state index in [0.29, 0.717) is 5.56 Å². The van der Waals surface area contributed by atoms with E-state index < -0.39 is 23.4 Å². The van der Waals surface area contributed by atoms with Crippen molar-refractivity contribution in [1.29, 1.82) is 0 Å². The van der Waals surface area contributed by atoms with E-state index in [-0.39, 0.29) is 17.4 Å². The van der Waals surface area contributed by atoms with Gasteiger partial charge < -0.3 is 10.0 Å². The zero-order valence-corrected chi connectivity index (χ0v) is 14.4. The number of aromatic hydroxyl groups is 1. The van der Waals surface area contributed by atoms with Crippen molar-refractivity contribution in [3.63, 3.8) is 0 Å². The fourth-order valence-corrected chi connectivity index (χ4v) is 2.90. The zero-order chi connectivity index (χ0) is 19.4. The summed E-state index contributed by atoms with van der Waals surface area (Å²) in [4.78, 5) is 37.2. The number of anilines is 1. The summed E-state index contributed by atoms with van der Waals surface area (Å²) in [6.07, 6.45) is 2.53. The van der Waals surface area contributed by atoms with Gasteiger partial charge in [0.25, 0.3) is 11.8 Å². The average Bonchev–Trinajstić information content (AvgIpc) is 3.22. The van der Waals surface area contributed by atoms with Crippen LogP contribution in [0.5, 0.6) is 5.75 Å². The predicted molar refractivity (Wildman–Crippen MR) is 96.3 cm³/mol. The molecule has 0 aliphatic carbocycles. The van der Waals surface area contributed by atoms with E-state index in [1.807, 2.05) is 12.1 Å². The summed E-state index contributed by atoms with van der Waals surface area (Å²) >= 11 is 0. The van der Waals surface area contributed by atoms with Crippen LogP contribution in [0.4, 0.5) is 10.1 Å². The number of benzene rings is 2. The molecule has 0 saturated carbocycles. The van der Waals surface area contributed by atoms with Crippen LogP contribution in [-0.4, -0.2) is 36.3 Å². The summed E-state index contributed by atoms with van der Waals surface area (Å²) < 4.78 is 13.5. The molecule has 2 aromatic carbocycles. The van der Waals surface area contributed by atoms with Gasteiger partial charge in [-0.05, 0) is 49.2 Å². The largest absolute Gasteiger partial charge is 0.504 e. The van der Waals surface area contributed by atoms with Gasteiger partial charge in [-0.25, -0.2) is 4.39 Å². The molecule has 0 spiro atoms. The molecule has 1 aliphatic heterocycles. The van der Waals surface area contributed by atoms with Crippen LogP contribution >= 0.6 is 0 Å². The first-order valence-electron chi connectivity index (χ1n) is 8.43. The lowest BCUT2D eigenvalue weighted by atomic mass is 10.1. The Kier molecular flexibility index (Phi) is 5.35. The minimum absolute atomic E-state index is 0.211. The molecule has 0 bridgehead atoms. The van der Waals surface area contributed by atoms with Crippen LogP contribution in [-0.2, 0) is 0 Å². The summed E-state index contributed by atoms with van der Waals surface area (Å²) in [5, 5.41) is 9.36. The van der Waals surface area contributed by atoms with Crippen LogP contribution in [0.1, 0.15) is 43.9 Å². The Bertz CT molecular complexity index is 877. The highest BCUT2D eigenvalue weighted by atomic mass is 19.1. The number of phenolic OH excluding ortho intramolecular Hbond substituents is 1. The SMILES string of the molecule is O=Cc1cc(C(=O)NNC(=O)c2ccc(N3CCCC3)cc2)cc(F)c1O. The molecule has 3 rings (SSSR count). The number of nitrogens with one attached hydrogen (secondary N) is 2. The van der Waals surface area contributed by atoms with E-state index in [9.17, 15) is 23.9 Å². The molecule has 0 unspecified atom stereocenters. The van der Waals surface area contributed by atoms with Gasteiger partial charge in [0.15, 0.2) is 17.9 Å². The summed E-state index contributed by atoms with van der Waals surface area (Å²) in [6, 6.07) is 8.79. The molecule has 7 nitrogen and oxygen atoms in total. The molecule has 2 aromatic rings. The Morgan fingerprint density at radius 1 is 1.00 bits per heavy atom. The molecule has 140 valence electrons. The Labute approximate surface area is 154 Å². The van der Waals surface area contributed by atoms with Crippen molar-refractivity contribution in [2.24, 2.45) is 0 Å². The number of halogens is 1. The fourth-order valence-electron chi connectivity index (χ4n) is 2.90. The van der Waals surface area contributed by atoms with Gasteiger partial charge in [0.05, 0.1) is 5.56 Å². The van der Waals surface area contributed by atoms with Gasteiger partial charge in [0.2, 0.25) is 0 Å². The summed E-state index contributed by atoms with van der Waals surface area (Å²) in [6.45, 7) is 1.99. The number of hydrogen-bond donors (Lipinski definition) is 3. The van der Waals surface area contributed by atoms with Crippen molar-refractivity contribution < 1.29 is 23.9 Å². The maximum atomic E-state index is 13.5. The zero-order valence-electron chi connectivity index (χ0n) is 14.4. The highest BCUT2D eigenvalue weighted by molar-refractivity contribution is 6.00. The molecule has 27 heavy (non-hydrogen) atoms. The third-order valence-electron chi connectivity index (χ3n) is 4.37. The average molecular weight is 371 g/mol. The normalized spacial score (nSPS) is 13.3. The van der Waals surface area contributed by atoms with E-state index in [0.717, 1.165) is 43.8 Å². The Morgan fingerprint density at radius 3 is 2.19 bits per heavy atom. The second-order valence-electron chi connectivity index (χ2n) is 6.16. The van der Waals surface area contributed by atoms with Crippen molar-refractivity contribution in [2.45, 2.75) is 12.8 Å². The second-order valence-corrected chi connectivity index (χ2v) is 6.16. The van der Waals surface area contributed by atoms with E-state index in [2.05, 4.69) is 15.8 Å². The quantitative estimate of drug-likeness (QED) is 0.564. The second kappa shape index (κ2) is 7.86. The molecule has 2 amide bonds. The van der Waals surface area contributed by atoms with Crippen LogP contribution in [0.2, 0.25) is 0 Å². The molecule has 0 radical (unpaired) electrons. The topological polar surface area (TPSA) is 98.7 Å².